The summed E-state index contributed by atoms with van der Waals surface area (Å²) in [7, 11) is 0. The number of hydrogen-bond donors (Lipinski definition) is 3. The molecule has 2 aromatic heterocycles. The van der Waals surface area contributed by atoms with Gasteiger partial charge in [-0.2, -0.15) is 9.97 Å². The summed E-state index contributed by atoms with van der Waals surface area (Å²) < 4.78 is 7.66. The predicted molar refractivity (Wildman–Crippen MR) is 169 cm³/mol. The van der Waals surface area contributed by atoms with Gasteiger partial charge in [0.25, 0.3) is 5.69 Å². The van der Waals surface area contributed by atoms with Crippen LogP contribution in [-0.4, -0.2) is 66.7 Å². The van der Waals surface area contributed by atoms with Crippen LogP contribution in [0.1, 0.15) is 70.3 Å². The second kappa shape index (κ2) is 14.4. The van der Waals surface area contributed by atoms with Gasteiger partial charge in [0, 0.05) is 49.4 Å². The van der Waals surface area contributed by atoms with E-state index in [0.717, 1.165) is 49.7 Å². The van der Waals surface area contributed by atoms with E-state index in [-0.39, 0.29) is 48.3 Å². The molecule has 2 saturated carbocycles. The van der Waals surface area contributed by atoms with Gasteiger partial charge in [0.05, 0.1) is 11.3 Å². The molecule has 3 aromatic rings. The quantitative estimate of drug-likeness (QED) is 0.224. The Hall–Kier alpha value is -3.42. The highest BCUT2D eigenvalue weighted by molar-refractivity contribution is 5.86. The van der Waals surface area contributed by atoms with E-state index in [1.165, 1.54) is 37.1 Å². The van der Waals surface area contributed by atoms with Crippen LogP contribution >= 0.6 is 24.8 Å². The molecule has 0 unspecified atom stereocenters. The molecule has 2 aliphatic carbocycles. The molecule has 1 aromatic carbocycles. The SMILES string of the molecule is Cl.Cl.N[C@H]1CC[C@H](Nc2nc(NC3CCN(C(=O)Oc4ccc([N+](=O)[O-])cc4)CC3)c3ncn(C4CCCC4)c3n2)CC1. The normalized spacial score (nSPS) is 21.1. The number of nitrogens with two attached hydrogens (primary N) is 1. The molecule has 0 bridgehead atoms. The molecule has 15 heteroatoms. The molecule has 13 nitrogen and oxygen atoms in total. The number of fused-ring (bicyclic) bond motifs is 1. The summed E-state index contributed by atoms with van der Waals surface area (Å²) in [5, 5.41) is 18.0. The Morgan fingerprint density at radius 1 is 0.930 bits per heavy atom. The molecule has 3 heterocycles. The molecule has 0 radical (unpaired) electrons. The van der Waals surface area contributed by atoms with E-state index in [1.807, 2.05) is 6.33 Å². The van der Waals surface area contributed by atoms with Crippen LogP contribution in [0.5, 0.6) is 5.75 Å². The largest absolute Gasteiger partial charge is 0.415 e. The Morgan fingerprint density at radius 3 is 2.23 bits per heavy atom. The maximum Gasteiger partial charge on any atom is 0.415 e. The van der Waals surface area contributed by atoms with Gasteiger partial charge in [-0.15, -0.1) is 24.8 Å². The number of benzene rings is 1. The first-order valence-corrected chi connectivity index (χ1v) is 14.7. The number of hydrogen-bond acceptors (Lipinski definition) is 10. The zero-order valence-electron chi connectivity index (χ0n) is 23.9. The number of ether oxygens (including phenoxy) is 1. The monoisotopic (exact) mass is 635 g/mol. The molecule has 0 spiro atoms. The molecule has 4 N–H and O–H groups in total. The van der Waals surface area contributed by atoms with Crippen molar-refractivity contribution in [2.45, 2.75) is 88.4 Å². The van der Waals surface area contributed by atoms with Gasteiger partial charge in [-0.05, 0) is 63.5 Å². The standard InChI is InChI=1S/C28H37N9O4.2ClH/c29-18-5-7-19(8-6-18)32-27-33-25(24-26(34-27)36(17-30-24)21-3-1-2-4-21)31-20-13-15-35(16-14-20)28(38)41-23-11-9-22(10-12-23)37(39)40;;/h9-12,17-21H,1-8,13-16,29H2,(H2,31,32,33,34);2*1H/t18-,19-;;. The number of carbonyl (C=O) groups excluding carboxylic acids is 1. The third-order valence-corrected chi connectivity index (χ3v) is 8.59. The molecule has 6 rings (SSSR count). The first-order valence-electron chi connectivity index (χ1n) is 14.7. The number of nitrogens with one attached hydrogen (secondary N) is 2. The fourth-order valence-electron chi connectivity index (χ4n) is 6.18. The van der Waals surface area contributed by atoms with E-state index in [2.05, 4.69) is 15.2 Å². The van der Waals surface area contributed by atoms with Crippen LogP contribution in [0.15, 0.2) is 30.6 Å². The van der Waals surface area contributed by atoms with Gasteiger partial charge in [0.15, 0.2) is 17.0 Å². The maximum absolute atomic E-state index is 12.7. The Labute approximate surface area is 262 Å². The Bertz CT molecular complexity index is 1380. The van der Waals surface area contributed by atoms with Crippen molar-refractivity contribution in [3.8, 4) is 5.75 Å². The van der Waals surface area contributed by atoms with Crippen molar-refractivity contribution in [2.75, 3.05) is 23.7 Å². The highest BCUT2D eigenvalue weighted by Crippen LogP contribution is 2.34. The fraction of sp³-hybridized carbons (Fsp3) is 0.571. The highest BCUT2D eigenvalue weighted by Gasteiger charge is 2.28. The fourth-order valence-corrected chi connectivity index (χ4v) is 6.18. The third-order valence-electron chi connectivity index (χ3n) is 8.59. The van der Waals surface area contributed by atoms with Gasteiger partial charge in [-0.3, -0.25) is 10.1 Å². The van der Waals surface area contributed by atoms with Crippen molar-refractivity contribution in [3.05, 3.63) is 40.7 Å². The summed E-state index contributed by atoms with van der Waals surface area (Å²) in [5.41, 5.74) is 7.69. The van der Waals surface area contributed by atoms with Crippen molar-refractivity contribution in [1.29, 1.82) is 0 Å². The van der Waals surface area contributed by atoms with E-state index in [1.54, 1.807) is 4.90 Å². The van der Waals surface area contributed by atoms with E-state index in [0.29, 0.717) is 49.8 Å². The minimum absolute atomic E-state index is 0. The lowest BCUT2D eigenvalue weighted by Crippen LogP contribution is -2.43. The topological polar surface area (TPSA) is 166 Å². The van der Waals surface area contributed by atoms with Gasteiger partial charge in [-0.25, -0.2) is 9.78 Å². The van der Waals surface area contributed by atoms with Gasteiger partial charge < -0.3 is 30.6 Å². The summed E-state index contributed by atoms with van der Waals surface area (Å²) in [5.74, 6) is 1.61. The van der Waals surface area contributed by atoms with Crippen LogP contribution in [0.2, 0.25) is 0 Å². The van der Waals surface area contributed by atoms with Crippen LogP contribution in [-0.2, 0) is 0 Å². The van der Waals surface area contributed by atoms with Gasteiger partial charge in [0.1, 0.15) is 5.75 Å². The van der Waals surface area contributed by atoms with E-state index in [4.69, 9.17) is 25.4 Å². The molecule has 1 saturated heterocycles. The molecule has 3 aliphatic rings. The molecule has 1 aliphatic heterocycles. The summed E-state index contributed by atoms with van der Waals surface area (Å²) in [6.45, 7) is 1.03. The molecule has 234 valence electrons. The molecule has 43 heavy (non-hydrogen) atoms. The van der Waals surface area contributed by atoms with Crippen molar-refractivity contribution in [1.82, 2.24) is 24.4 Å². The Balaban J connectivity index is 0.00000212. The number of likely N-dealkylation sites (tertiary alicyclic amines) is 1. The Morgan fingerprint density at radius 2 is 1.58 bits per heavy atom. The number of nitro benzene ring substituents is 1. The molecule has 1 amide bonds. The summed E-state index contributed by atoms with van der Waals surface area (Å²) in [6.07, 6.45) is 11.6. The third kappa shape index (κ3) is 7.57. The number of halogens is 2. The molecule has 3 fully saturated rings. The van der Waals surface area contributed by atoms with E-state index >= 15 is 0 Å². The minimum atomic E-state index is -0.487. The van der Waals surface area contributed by atoms with Crippen molar-refractivity contribution in [2.24, 2.45) is 5.73 Å². The van der Waals surface area contributed by atoms with Crippen molar-refractivity contribution in [3.63, 3.8) is 0 Å². The first-order chi connectivity index (χ1) is 19.9. The summed E-state index contributed by atoms with van der Waals surface area (Å²) in [4.78, 5) is 39.3. The lowest BCUT2D eigenvalue weighted by molar-refractivity contribution is -0.384. The number of anilines is 2. The number of piperidine rings is 1. The van der Waals surface area contributed by atoms with Crippen molar-refractivity contribution >= 4 is 59.5 Å². The van der Waals surface area contributed by atoms with Crippen LogP contribution in [0.25, 0.3) is 11.2 Å². The van der Waals surface area contributed by atoms with Crippen LogP contribution in [0, 0.1) is 10.1 Å². The van der Waals surface area contributed by atoms with Gasteiger partial charge in [0.2, 0.25) is 5.95 Å². The second-order valence-corrected chi connectivity index (χ2v) is 11.4. The van der Waals surface area contributed by atoms with Crippen LogP contribution in [0.3, 0.4) is 0 Å². The van der Waals surface area contributed by atoms with E-state index < -0.39 is 11.0 Å². The average molecular weight is 637 g/mol. The average Bonchev–Trinajstić information content (AvgIpc) is 3.65. The Kier molecular flexibility index (Phi) is 10.9. The second-order valence-electron chi connectivity index (χ2n) is 11.4. The van der Waals surface area contributed by atoms with Crippen LogP contribution in [0.4, 0.5) is 22.2 Å². The number of non-ortho nitro benzene ring substituents is 1. The summed E-state index contributed by atoms with van der Waals surface area (Å²) in [6, 6.07) is 6.60. The zero-order chi connectivity index (χ0) is 28.3. The number of carbonyl (C=O) groups is 1. The lowest BCUT2D eigenvalue weighted by Gasteiger charge is -2.32. The first kappa shape index (κ1) is 32.5. The number of nitrogens with zero attached hydrogens (tertiary/aromatic N) is 6. The molecular formula is C28H39Cl2N9O4. The van der Waals surface area contributed by atoms with Gasteiger partial charge >= 0.3 is 6.09 Å². The summed E-state index contributed by atoms with van der Waals surface area (Å²) >= 11 is 0. The molecular weight excluding hydrogens is 597 g/mol. The van der Waals surface area contributed by atoms with Gasteiger partial charge in [-0.1, -0.05) is 12.8 Å². The number of nitro groups is 1. The maximum atomic E-state index is 12.7. The zero-order valence-corrected chi connectivity index (χ0v) is 25.5. The minimum Gasteiger partial charge on any atom is -0.410 e. The number of aromatic nitrogens is 4. The van der Waals surface area contributed by atoms with Crippen LogP contribution < -0.4 is 21.1 Å². The number of rotatable bonds is 7. The van der Waals surface area contributed by atoms with E-state index in [9.17, 15) is 14.9 Å². The smallest absolute Gasteiger partial charge is 0.410 e. The number of imidazole rings is 1. The highest BCUT2D eigenvalue weighted by atomic mass is 35.5. The number of amides is 1. The lowest BCUT2D eigenvalue weighted by atomic mass is 9.92. The van der Waals surface area contributed by atoms with Crippen molar-refractivity contribution < 1.29 is 14.5 Å². The predicted octanol–water partition coefficient (Wildman–Crippen LogP) is 5.45. The molecule has 0 atom stereocenters.